The van der Waals surface area contributed by atoms with Crippen LogP contribution in [-0.4, -0.2) is 44.1 Å². The highest BCUT2D eigenvalue weighted by Crippen LogP contribution is 2.23. The summed E-state index contributed by atoms with van der Waals surface area (Å²) < 4.78 is 16.3. The van der Waals surface area contributed by atoms with Gasteiger partial charge < -0.3 is 19.3 Å². The number of amides is 1. The molecule has 4 aromatic rings. The van der Waals surface area contributed by atoms with Gasteiger partial charge in [0.25, 0.3) is 0 Å². The molecule has 0 unspecified atom stereocenters. The van der Waals surface area contributed by atoms with Crippen molar-refractivity contribution in [3.63, 3.8) is 0 Å². The number of carbonyl (C=O) groups excluding carboxylic acids is 1. The molecule has 0 radical (unpaired) electrons. The monoisotopic (exact) mass is 492 g/mol. The molecule has 0 spiro atoms. The van der Waals surface area contributed by atoms with Crippen LogP contribution in [0, 0.1) is 6.92 Å². The number of nitrogens with one attached hydrogen (secondary N) is 3. The lowest BCUT2D eigenvalue weighted by Gasteiger charge is -2.19. The number of hydrogen-bond donors (Lipinski definition) is 3. The smallest absolute Gasteiger partial charge is 0.412 e. The first-order valence-corrected chi connectivity index (χ1v) is 11.2. The third-order valence-electron chi connectivity index (χ3n) is 4.67. The normalized spacial score (nSPS) is 11.1. The van der Waals surface area contributed by atoms with Crippen LogP contribution in [0.15, 0.2) is 53.2 Å². The van der Waals surface area contributed by atoms with E-state index in [9.17, 15) is 4.79 Å². The van der Waals surface area contributed by atoms with E-state index in [-0.39, 0.29) is 6.61 Å². The molecular weight excluding hydrogens is 464 g/mol. The van der Waals surface area contributed by atoms with Crippen molar-refractivity contribution in [3.8, 4) is 5.88 Å². The van der Waals surface area contributed by atoms with Crippen molar-refractivity contribution in [2.45, 2.75) is 39.9 Å². The van der Waals surface area contributed by atoms with E-state index >= 15 is 0 Å². The summed E-state index contributed by atoms with van der Waals surface area (Å²) in [7, 11) is 1.79. The standard InChI is InChI=1S/C24H28N8O4/c1-15-11-21(36-31-15)32(5)22-25-10-9-18(28-22)27-19-13-20(30-29-19)34-14-16-7-6-8-17(12-16)26-23(33)35-24(2,3)4/h6-13H,14H2,1-5H3,(H,26,33)(H2,25,27,28,29,30). The van der Waals surface area contributed by atoms with Crippen molar-refractivity contribution in [2.24, 2.45) is 0 Å². The highest BCUT2D eigenvalue weighted by molar-refractivity contribution is 5.84. The van der Waals surface area contributed by atoms with Crippen LogP contribution in [0.4, 0.5) is 34.0 Å². The number of aryl methyl sites for hydroxylation is 1. The molecule has 0 aliphatic heterocycles. The third kappa shape index (κ3) is 6.72. The Balaban J connectivity index is 1.34. The number of hydrogen-bond acceptors (Lipinski definition) is 10. The summed E-state index contributed by atoms with van der Waals surface area (Å²) in [5, 5.41) is 16.8. The van der Waals surface area contributed by atoms with Gasteiger partial charge in [-0.15, -0.1) is 5.10 Å². The fourth-order valence-electron chi connectivity index (χ4n) is 3.08. The van der Waals surface area contributed by atoms with Crippen molar-refractivity contribution in [3.05, 3.63) is 59.9 Å². The van der Waals surface area contributed by atoms with E-state index in [0.717, 1.165) is 11.3 Å². The van der Waals surface area contributed by atoms with Gasteiger partial charge in [0.2, 0.25) is 17.7 Å². The number of H-pyrrole nitrogens is 1. The quantitative estimate of drug-likeness (QED) is 0.309. The van der Waals surface area contributed by atoms with Crippen LogP contribution in [-0.2, 0) is 11.3 Å². The third-order valence-corrected chi connectivity index (χ3v) is 4.67. The molecule has 0 fully saturated rings. The molecular formula is C24H28N8O4. The van der Waals surface area contributed by atoms with Gasteiger partial charge in [0.05, 0.1) is 5.69 Å². The maximum atomic E-state index is 12.0. The average molecular weight is 493 g/mol. The molecule has 0 aliphatic rings. The Labute approximate surface area is 208 Å². The first-order valence-electron chi connectivity index (χ1n) is 11.2. The molecule has 12 heteroatoms. The van der Waals surface area contributed by atoms with E-state index in [1.807, 2.05) is 45.9 Å². The zero-order valence-electron chi connectivity index (χ0n) is 20.7. The molecule has 0 aliphatic carbocycles. The van der Waals surface area contributed by atoms with Gasteiger partial charge in [-0.2, -0.15) is 4.98 Å². The fraction of sp³-hybridized carbons (Fsp3) is 0.292. The van der Waals surface area contributed by atoms with E-state index in [0.29, 0.717) is 35.0 Å². The number of benzene rings is 1. The SMILES string of the molecule is Cc1cc(N(C)c2nccc(Nc3cc(OCc4cccc(NC(=O)OC(C)(C)C)c4)n[nH]3)n2)on1. The van der Waals surface area contributed by atoms with Crippen LogP contribution in [0.5, 0.6) is 5.88 Å². The van der Waals surface area contributed by atoms with Gasteiger partial charge in [-0.25, -0.2) is 9.78 Å². The molecule has 0 saturated heterocycles. The molecule has 0 atom stereocenters. The molecule has 1 amide bonds. The van der Waals surface area contributed by atoms with Crippen LogP contribution in [0.3, 0.4) is 0 Å². The molecule has 3 aromatic heterocycles. The highest BCUT2D eigenvalue weighted by atomic mass is 16.6. The van der Waals surface area contributed by atoms with E-state index in [2.05, 4.69) is 36.0 Å². The van der Waals surface area contributed by atoms with Gasteiger partial charge in [-0.1, -0.05) is 17.3 Å². The number of anilines is 5. The van der Waals surface area contributed by atoms with Crippen molar-refractivity contribution in [1.29, 1.82) is 0 Å². The molecule has 0 saturated carbocycles. The number of aromatic amines is 1. The summed E-state index contributed by atoms with van der Waals surface area (Å²) in [4.78, 5) is 22.5. The largest absolute Gasteiger partial charge is 0.472 e. The second-order valence-electron chi connectivity index (χ2n) is 8.97. The van der Waals surface area contributed by atoms with Crippen molar-refractivity contribution in [2.75, 3.05) is 22.6 Å². The topological polar surface area (TPSA) is 143 Å². The summed E-state index contributed by atoms with van der Waals surface area (Å²) >= 11 is 0. The van der Waals surface area contributed by atoms with Crippen molar-refractivity contribution >= 4 is 35.2 Å². The maximum Gasteiger partial charge on any atom is 0.412 e. The van der Waals surface area contributed by atoms with E-state index < -0.39 is 11.7 Å². The number of carbonyl (C=O) groups is 1. The van der Waals surface area contributed by atoms with Crippen molar-refractivity contribution < 1.29 is 18.8 Å². The molecule has 1 aromatic carbocycles. The predicted molar refractivity (Wildman–Crippen MR) is 134 cm³/mol. The van der Waals surface area contributed by atoms with Gasteiger partial charge >= 0.3 is 6.09 Å². The summed E-state index contributed by atoms with van der Waals surface area (Å²) in [5.74, 6) is 2.51. The number of ether oxygens (including phenoxy) is 2. The van der Waals surface area contributed by atoms with Crippen LogP contribution >= 0.6 is 0 Å². The molecule has 3 N–H and O–H groups in total. The Hall–Kier alpha value is -4.61. The molecule has 36 heavy (non-hydrogen) atoms. The highest BCUT2D eigenvalue weighted by Gasteiger charge is 2.16. The molecule has 0 bridgehead atoms. The first-order chi connectivity index (χ1) is 17.1. The molecule has 12 nitrogen and oxygen atoms in total. The number of nitrogens with zero attached hydrogens (tertiary/aromatic N) is 5. The zero-order valence-corrected chi connectivity index (χ0v) is 20.7. The molecule has 4 rings (SSSR count). The maximum absolute atomic E-state index is 12.0. The Bertz CT molecular complexity index is 1330. The number of aromatic nitrogens is 5. The minimum atomic E-state index is -0.574. The summed E-state index contributed by atoms with van der Waals surface area (Å²) in [6.45, 7) is 7.53. The molecule has 3 heterocycles. The van der Waals surface area contributed by atoms with Gasteiger partial charge in [0, 0.05) is 31.1 Å². The average Bonchev–Trinajstić information content (AvgIpc) is 3.45. The van der Waals surface area contributed by atoms with Crippen LogP contribution in [0.2, 0.25) is 0 Å². The first kappa shape index (κ1) is 24.5. The van der Waals surface area contributed by atoms with Crippen LogP contribution < -0.4 is 20.3 Å². The summed E-state index contributed by atoms with van der Waals surface area (Å²) in [6, 6.07) is 12.5. The second kappa shape index (κ2) is 10.3. The Kier molecular flexibility index (Phi) is 7.04. The van der Waals surface area contributed by atoms with E-state index in [1.54, 1.807) is 42.4 Å². The van der Waals surface area contributed by atoms with E-state index in [1.165, 1.54) is 0 Å². The minimum Gasteiger partial charge on any atom is -0.472 e. The Morgan fingerprint density at radius 3 is 2.78 bits per heavy atom. The van der Waals surface area contributed by atoms with Gasteiger partial charge in [0.1, 0.15) is 23.8 Å². The summed E-state index contributed by atoms with van der Waals surface area (Å²) in [6.07, 6.45) is 1.12. The minimum absolute atomic E-state index is 0.257. The van der Waals surface area contributed by atoms with E-state index in [4.69, 9.17) is 14.0 Å². The summed E-state index contributed by atoms with van der Waals surface area (Å²) in [5.41, 5.74) is 1.66. The van der Waals surface area contributed by atoms with Gasteiger partial charge in [-0.3, -0.25) is 15.3 Å². The molecule has 188 valence electrons. The van der Waals surface area contributed by atoms with Crippen LogP contribution in [0.25, 0.3) is 0 Å². The predicted octanol–water partition coefficient (Wildman–Crippen LogP) is 4.93. The van der Waals surface area contributed by atoms with Gasteiger partial charge in [-0.05, 0) is 51.5 Å². The lowest BCUT2D eigenvalue weighted by atomic mass is 10.2. The lowest BCUT2D eigenvalue weighted by Crippen LogP contribution is -2.27. The van der Waals surface area contributed by atoms with Crippen LogP contribution in [0.1, 0.15) is 32.0 Å². The Morgan fingerprint density at radius 1 is 1.19 bits per heavy atom. The van der Waals surface area contributed by atoms with Crippen molar-refractivity contribution in [1.82, 2.24) is 25.3 Å². The van der Waals surface area contributed by atoms with Gasteiger partial charge in [0.15, 0.2) is 0 Å². The fourth-order valence-corrected chi connectivity index (χ4v) is 3.08. The second-order valence-corrected chi connectivity index (χ2v) is 8.97. The number of rotatable bonds is 8. The zero-order chi connectivity index (χ0) is 25.7. The Morgan fingerprint density at radius 2 is 2.03 bits per heavy atom. The lowest BCUT2D eigenvalue weighted by molar-refractivity contribution is 0.0636.